The molecule has 3 heteroatoms. The van der Waals surface area contributed by atoms with Crippen molar-refractivity contribution in [3.05, 3.63) is 24.3 Å². The minimum atomic E-state index is -0.215. The second-order valence-electron chi connectivity index (χ2n) is 6.36. The number of ether oxygens (including phenoxy) is 2. The molecule has 0 bridgehead atoms. The van der Waals surface area contributed by atoms with Gasteiger partial charge >= 0.3 is 5.97 Å². The molecule has 2 aliphatic carbocycles. The van der Waals surface area contributed by atoms with Gasteiger partial charge in [0, 0.05) is 23.3 Å². The van der Waals surface area contributed by atoms with Gasteiger partial charge in [-0.1, -0.05) is 18.7 Å². The molecule has 0 aromatic heterocycles. The summed E-state index contributed by atoms with van der Waals surface area (Å²) >= 11 is 0. The third-order valence-corrected chi connectivity index (χ3v) is 5.57. The Kier molecular flexibility index (Phi) is 1.85. The van der Waals surface area contributed by atoms with Crippen molar-refractivity contribution in [2.24, 2.45) is 17.8 Å². The van der Waals surface area contributed by atoms with Gasteiger partial charge in [-0.05, 0) is 26.2 Å². The maximum Gasteiger partial charge on any atom is 0.334 e. The largest absolute Gasteiger partial charge is 0.458 e. The molecular formula is C15H18O3. The lowest BCUT2D eigenvalue weighted by atomic mass is 9.79. The van der Waals surface area contributed by atoms with Crippen molar-refractivity contribution < 1.29 is 14.3 Å². The molecule has 4 aliphatic rings. The van der Waals surface area contributed by atoms with Crippen molar-refractivity contribution in [2.45, 2.75) is 44.0 Å². The lowest BCUT2D eigenvalue weighted by Crippen LogP contribution is -2.33. The van der Waals surface area contributed by atoms with E-state index < -0.39 is 0 Å². The minimum Gasteiger partial charge on any atom is -0.458 e. The van der Waals surface area contributed by atoms with Gasteiger partial charge in [-0.2, -0.15) is 0 Å². The van der Waals surface area contributed by atoms with E-state index >= 15 is 0 Å². The van der Waals surface area contributed by atoms with Crippen LogP contribution in [0.15, 0.2) is 24.3 Å². The van der Waals surface area contributed by atoms with E-state index in [0.29, 0.717) is 11.5 Å². The van der Waals surface area contributed by atoms with Gasteiger partial charge in [-0.15, -0.1) is 0 Å². The van der Waals surface area contributed by atoms with Crippen molar-refractivity contribution in [2.75, 3.05) is 0 Å². The molecule has 0 aromatic carbocycles. The highest BCUT2D eigenvalue weighted by Crippen LogP contribution is 2.61. The molecule has 0 spiro atoms. The average molecular weight is 246 g/mol. The summed E-state index contributed by atoms with van der Waals surface area (Å²) in [7, 11) is 0. The molecule has 2 aliphatic heterocycles. The van der Waals surface area contributed by atoms with Crippen molar-refractivity contribution in [3.63, 3.8) is 0 Å². The Morgan fingerprint density at radius 1 is 1.39 bits per heavy atom. The second-order valence-corrected chi connectivity index (χ2v) is 6.36. The first-order chi connectivity index (χ1) is 8.52. The molecule has 4 fully saturated rings. The molecule has 2 saturated heterocycles. The highest BCUT2D eigenvalue weighted by molar-refractivity contribution is 5.91. The van der Waals surface area contributed by atoms with Gasteiger partial charge in [0.15, 0.2) is 0 Å². The molecule has 0 radical (unpaired) electrons. The van der Waals surface area contributed by atoms with Crippen LogP contribution in [0, 0.1) is 17.8 Å². The van der Waals surface area contributed by atoms with Crippen molar-refractivity contribution >= 4 is 5.97 Å². The predicted octanol–water partition coefficient (Wildman–Crippen LogP) is 2.23. The van der Waals surface area contributed by atoms with Crippen molar-refractivity contribution in [1.29, 1.82) is 0 Å². The number of esters is 1. The van der Waals surface area contributed by atoms with Gasteiger partial charge in [0.2, 0.25) is 0 Å². The van der Waals surface area contributed by atoms with Gasteiger partial charge < -0.3 is 9.47 Å². The van der Waals surface area contributed by atoms with Gasteiger partial charge in [0.05, 0.1) is 11.7 Å². The molecule has 96 valence electrons. The highest BCUT2D eigenvalue weighted by atomic mass is 16.6. The van der Waals surface area contributed by atoms with Crippen LogP contribution in [0.2, 0.25) is 0 Å². The lowest BCUT2D eigenvalue weighted by molar-refractivity contribution is -0.141. The maximum absolute atomic E-state index is 11.8. The molecule has 0 N–H and O–H groups in total. The van der Waals surface area contributed by atoms with Crippen LogP contribution < -0.4 is 0 Å². The summed E-state index contributed by atoms with van der Waals surface area (Å²) in [5, 5.41) is 0. The first-order valence-electron chi connectivity index (χ1n) is 6.77. The zero-order valence-corrected chi connectivity index (χ0v) is 10.6. The second kappa shape index (κ2) is 3.08. The molecular weight excluding hydrogens is 228 g/mol. The van der Waals surface area contributed by atoms with Crippen LogP contribution in [0.5, 0.6) is 0 Å². The van der Waals surface area contributed by atoms with E-state index in [1.807, 2.05) is 0 Å². The maximum atomic E-state index is 11.8. The van der Waals surface area contributed by atoms with Crippen LogP contribution in [-0.4, -0.2) is 23.8 Å². The first-order valence-corrected chi connectivity index (χ1v) is 6.77. The molecule has 18 heavy (non-hydrogen) atoms. The minimum absolute atomic E-state index is 0.0128. The summed E-state index contributed by atoms with van der Waals surface area (Å²) in [6, 6.07) is 0. The molecule has 2 saturated carbocycles. The standard InChI is InChI=1S/C15H18O3/c1-7-4-5-10-12(7)13-9(8(2)14(16)17-13)6-11-15(10,3)18-11/h9-13H,1-2,4-6H2,3H3/t9-,10+,11+,12-,13-,15-/m0/s1. The molecule has 0 unspecified atom stereocenters. The zero-order valence-electron chi connectivity index (χ0n) is 10.6. The summed E-state index contributed by atoms with van der Waals surface area (Å²) in [5.74, 6) is 0.654. The van der Waals surface area contributed by atoms with E-state index in [0.717, 1.165) is 19.3 Å². The van der Waals surface area contributed by atoms with Crippen LogP contribution in [0.1, 0.15) is 26.2 Å². The summed E-state index contributed by atoms with van der Waals surface area (Å²) in [5.41, 5.74) is 1.86. The Balaban J connectivity index is 1.79. The Hall–Kier alpha value is -1.09. The molecule has 2 heterocycles. The Bertz CT molecular complexity index is 480. The number of rotatable bonds is 0. The number of carbonyl (C=O) groups is 1. The summed E-state index contributed by atoms with van der Waals surface area (Å²) in [6.45, 7) is 10.3. The quantitative estimate of drug-likeness (QED) is 0.285. The van der Waals surface area contributed by atoms with Crippen LogP contribution >= 0.6 is 0 Å². The lowest BCUT2D eigenvalue weighted by Gasteiger charge is -2.28. The smallest absolute Gasteiger partial charge is 0.334 e. The first kappa shape index (κ1) is 10.8. The number of hydrogen-bond acceptors (Lipinski definition) is 3. The van der Waals surface area contributed by atoms with Gasteiger partial charge in [0.1, 0.15) is 6.10 Å². The fraction of sp³-hybridized carbons (Fsp3) is 0.667. The molecule has 0 amide bonds. The molecule has 6 atom stereocenters. The number of fused-ring (bicyclic) bond motifs is 5. The fourth-order valence-corrected chi connectivity index (χ4v) is 4.42. The van der Waals surface area contributed by atoms with E-state index in [9.17, 15) is 4.79 Å². The summed E-state index contributed by atoms with van der Waals surface area (Å²) < 4.78 is 11.6. The number of epoxide rings is 1. The number of hydrogen-bond donors (Lipinski definition) is 0. The monoisotopic (exact) mass is 246 g/mol. The Morgan fingerprint density at radius 3 is 2.94 bits per heavy atom. The van der Waals surface area contributed by atoms with Gasteiger partial charge in [0.25, 0.3) is 0 Å². The third-order valence-electron chi connectivity index (χ3n) is 5.57. The topological polar surface area (TPSA) is 38.8 Å². The Morgan fingerprint density at radius 2 is 2.17 bits per heavy atom. The van der Waals surface area contributed by atoms with Crippen LogP contribution in [0.3, 0.4) is 0 Å². The summed E-state index contributed by atoms with van der Waals surface area (Å²) in [4.78, 5) is 11.8. The van der Waals surface area contributed by atoms with Crippen LogP contribution in [0.4, 0.5) is 0 Å². The van der Waals surface area contributed by atoms with Crippen molar-refractivity contribution in [1.82, 2.24) is 0 Å². The van der Waals surface area contributed by atoms with Gasteiger partial charge in [-0.25, -0.2) is 4.79 Å². The van der Waals surface area contributed by atoms with Gasteiger partial charge in [-0.3, -0.25) is 0 Å². The highest BCUT2D eigenvalue weighted by Gasteiger charge is 2.67. The normalized spacial score (nSPS) is 53.4. The van der Waals surface area contributed by atoms with E-state index in [4.69, 9.17) is 9.47 Å². The Labute approximate surface area is 107 Å². The van der Waals surface area contributed by atoms with E-state index in [1.54, 1.807) is 0 Å². The fourth-order valence-electron chi connectivity index (χ4n) is 4.42. The summed E-state index contributed by atoms with van der Waals surface area (Å²) in [6.07, 6.45) is 3.28. The van der Waals surface area contributed by atoms with Crippen LogP contribution in [-0.2, 0) is 14.3 Å². The number of carbonyl (C=O) groups excluding carboxylic acids is 1. The van der Waals surface area contributed by atoms with E-state index in [1.165, 1.54) is 5.57 Å². The molecule has 4 rings (SSSR count). The third kappa shape index (κ3) is 1.11. The zero-order chi connectivity index (χ0) is 12.7. The molecule has 3 nitrogen and oxygen atoms in total. The van der Waals surface area contributed by atoms with E-state index in [2.05, 4.69) is 20.1 Å². The SMILES string of the molecule is C=C1CC[C@@H]2[C@H]1[C@H]1OC(=O)C(=C)[C@@H]1C[C@H]1O[C@@]21C. The molecule has 0 aromatic rings. The average Bonchev–Trinajstić information content (AvgIpc) is 2.71. The van der Waals surface area contributed by atoms with E-state index in [-0.39, 0.29) is 35.6 Å². The van der Waals surface area contributed by atoms with Crippen LogP contribution in [0.25, 0.3) is 0 Å². The van der Waals surface area contributed by atoms with Crippen molar-refractivity contribution in [3.8, 4) is 0 Å². The predicted molar refractivity (Wildman–Crippen MR) is 65.8 cm³/mol.